The molecule has 110 valence electrons. The third kappa shape index (κ3) is 5.61. The van der Waals surface area contributed by atoms with E-state index < -0.39 is 0 Å². The zero-order valence-corrected chi connectivity index (χ0v) is 11.9. The SMILES string of the molecule is O=C(NCc1ccccc1)OCCCC1CCNCC1. The summed E-state index contributed by atoms with van der Waals surface area (Å²) in [6.07, 6.45) is 4.30. The topological polar surface area (TPSA) is 50.4 Å². The Labute approximate surface area is 120 Å². The molecule has 1 saturated heterocycles. The van der Waals surface area contributed by atoms with Gasteiger partial charge in [0.2, 0.25) is 0 Å². The van der Waals surface area contributed by atoms with E-state index in [-0.39, 0.29) is 6.09 Å². The van der Waals surface area contributed by atoms with Gasteiger partial charge in [-0.25, -0.2) is 4.79 Å². The summed E-state index contributed by atoms with van der Waals surface area (Å²) in [7, 11) is 0. The molecular weight excluding hydrogens is 252 g/mol. The normalized spacial score (nSPS) is 15.8. The standard InChI is InChI=1S/C16H24N2O2/c19-16(18-13-15-5-2-1-3-6-15)20-12-4-7-14-8-10-17-11-9-14/h1-3,5-6,14,17H,4,7-13H2,(H,18,19). The number of hydrogen-bond donors (Lipinski definition) is 2. The van der Waals surface area contributed by atoms with Crippen LogP contribution < -0.4 is 10.6 Å². The highest BCUT2D eigenvalue weighted by molar-refractivity contribution is 5.67. The van der Waals surface area contributed by atoms with E-state index in [0.717, 1.165) is 37.4 Å². The summed E-state index contributed by atoms with van der Waals surface area (Å²) in [5, 5.41) is 6.13. The summed E-state index contributed by atoms with van der Waals surface area (Å²) in [6.45, 7) is 3.30. The number of piperidine rings is 1. The lowest BCUT2D eigenvalue weighted by molar-refractivity contribution is 0.140. The predicted octanol–water partition coefficient (Wildman–Crippen LogP) is 2.69. The number of hydrogen-bond acceptors (Lipinski definition) is 3. The molecule has 0 saturated carbocycles. The molecule has 20 heavy (non-hydrogen) atoms. The van der Waals surface area contributed by atoms with Crippen molar-refractivity contribution >= 4 is 6.09 Å². The fraction of sp³-hybridized carbons (Fsp3) is 0.562. The molecule has 1 fully saturated rings. The first kappa shape index (κ1) is 14.9. The Kier molecular flexibility index (Phi) is 6.38. The summed E-state index contributed by atoms with van der Waals surface area (Å²) >= 11 is 0. The van der Waals surface area contributed by atoms with E-state index in [1.807, 2.05) is 30.3 Å². The number of benzene rings is 1. The summed E-state index contributed by atoms with van der Waals surface area (Å²) in [6, 6.07) is 9.85. The van der Waals surface area contributed by atoms with Crippen LogP contribution in [0.3, 0.4) is 0 Å². The lowest BCUT2D eigenvalue weighted by Gasteiger charge is -2.22. The average molecular weight is 276 g/mol. The maximum absolute atomic E-state index is 11.5. The molecule has 0 aliphatic carbocycles. The molecule has 1 aromatic carbocycles. The summed E-state index contributed by atoms with van der Waals surface area (Å²) in [5.74, 6) is 0.798. The zero-order chi connectivity index (χ0) is 14.0. The van der Waals surface area contributed by atoms with E-state index in [0.29, 0.717) is 13.2 Å². The molecule has 1 aliphatic rings. The first-order valence-electron chi connectivity index (χ1n) is 7.50. The van der Waals surface area contributed by atoms with E-state index in [4.69, 9.17) is 4.74 Å². The molecule has 1 aromatic rings. The van der Waals surface area contributed by atoms with Gasteiger partial charge in [-0.05, 0) is 50.3 Å². The van der Waals surface area contributed by atoms with E-state index in [9.17, 15) is 4.79 Å². The van der Waals surface area contributed by atoms with Crippen LogP contribution in [0.15, 0.2) is 30.3 Å². The molecule has 0 bridgehead atoms. The molecule has 2 rings (SSSR count). The molecule has 1 amide bonds. The number of rotatable bonds is 6. The van der Waals surface area contributed by atoms with Crippen LogP contribution in [0.25, 0.3) is 0 Å². The minimum atomic E-state index is -0.320. The van der Waals surface area contributed by atoms with Crippen LogP contribution in [0.2, 0.25) is 0 Å². The second-order valence-electron chi connectivity index (χ2n) is 5.31. The van der Waals surface area contributed by atoms with Crippen molar-refractivity contribution in [1.29, 1.82) is 0 Å². The van der Waals surface area contributed by atoms with Gasteiger partial charge in [-0.2, -0.15) is 0 Å². The van der Waals surface area contributed by atoms with Gasteiger partial charge in [0.05, 0.1) is 6.61 Å². The summed E-state index contributed by atoms with van der Waals surface area (Å²) in [5.41, 5.74) is 1.08. The number of ether oxygens (including phenoxy) is 1. The maximum atomic E-state index is 11.5. The zero-order valence-electron chi connectivity index (χ0n) is 11.9. The number of alkyl carbamates (subject to hydrolysis) is 1. The third-order valence-corrected chi connectivity index (χ3v) is 3.73. The molecule has 1 aliphatic heterocycles. The van der Waals surface area contributed by atoms with Gasteiger partial charge in [0.25, 0.3) is 0 Å². The van der Waals surface area contributed by atoms with Gasteiger partial charge >= 0.3 is 6.09 Å². The van der Waals surface area contributed by atoms with Crippen molar-refractivity contribution in [3.05, 3.63) is 35.9 Å². The minimum Gasteiger partial charge on any atom is -0.450 e. The molecule has 1 heterocycles. The molecule has 4 heteroatoms. The van der Waals surface area contributed by atoms with Crippen molar-refractivity contribution in [2.45, 2.75) is 32.2 Å². The molecule has 2 N–H and O–H groups in total. The fourth-order valence-electron chi connectivity index (χ4n) is 2.53. The molecule has 0 atom stereocenters. The third-order valence-electron chi connectivity index (χ3n) is 3.73. The van der Waals surface area contributed by atoms with E-state index in [1.165, 1.54) is 12.8 Å². The van der Waals surface area contributed by atoms with Gasteiger partial charge in [-0.3, -0.25) is 0 Å². The van der Waals surface area contributed by atoms with Crippen LogP contribution in [0.5, 0.6) is 0 Å². The number of carbonyl (C=O) groups is 1. The summed E-state index contributed by atoms with van der Waals surface area (Å²) < 4.78 is 5.19. The lowest BCUT2D eigenvalue weighted by Crippen LogP contribution is -2.28. The Hall–Kier alpha value is -1.55. The van der Waals surface area contributed by atoms with E-state index in [1.54, 1.807) is 0 Å². The van der Waals surface area contributed by atoms with E-state index >= 15 is 0 Å². The van der Waals surface area contributed by atoms with Crippen LogP contribution in [-0.4, -0.2) is 25.8 Å². The van der Waals surface area contributed by atoms with Crippen molar-refractivity contribution in [2.24, 2.45) is 5.92 Å². The predicted molar refractivity (Wildman–Crippen MR) is 79.5 cm³/mol. The number of nitrogens with one attached hydrogen (secondary N) is 2. The number of carbonyl (C=O) groups excluding carboxylic acids is 1. The highest BCUT2D eigenvalue weighted by Crippen LogP contribution is 2.17. The Morgan fingerprint density at radius 1 is 1.25 bits per heavy atom. The average Bonchev–Trinajstić information content (AvgIpc) is 2.52. The Morgan fingerprint density at radius 2 is 2.00 bits per heavy atom. The number of amides is 1. The highest BCUT2D eigenvalue weighted by atomic mass is 16.5. The second-order valence-corrected chi connectivity index (χ2v) is 5.31. The Bertz CT molecular complexity index is 389. The Balaban J connectivity index is 1.51. The fourth-order valence-corrected chi connectivity index (χ4v) is 2.53. The summed E-state index contributed by atoms with van der Waals surface area (Å²) in [4.78, 5) is 11.5. The van der Waals surface area contributed by atoms with Gasteiger partial charge in [0, 0.05) is 6.54 Å². The van der Waals surface area contributed by atoms with Crippen molar-refractivity contribution in [2.75, 3.05) is 19.7 Å². The molecule has 4 nitrogen and oxygen atoms in total. The molecule has 0 radical (unpaired) electrons. The maximum Gasteiger partial charge on any atom is 0.407 e. The molecule has 0 unspecified atom stereocenters. The smallest absolute Gasteiger partial charge is 0.407 e. The van der Waals surface area contributed by atoms with Crippen LogP contribution in [0.4, 0.5) is 4.79 Å². The van der Waals surface area contributed by atoms with Gasteiger partial charge < -0.3 is 15.4 Å². The second kappa shape index (κ2) is 8.59. The molecule has 0 aromatic heterocycles. The van der Waals surface area contributed by atoms with Gasteiger partial charge in [0.15, 0.2) is 0 Å². The first-order chi connectivity index (χ1) is 9.84. The quantitative estimate of drug-likeness (QED) is 0.785. The van der Waals surface area contributed by atoms with Crippen LogP contribution in [-0.2, 0) is 11.3 Å². The monoisotopic (exact) mass is 276 g/mol. The van der Waals surface area contributed by atoms with Gasteiger partial charge in [0.1, 0.15) is 0 Å². The van der Waals surface area contributed by atoms with Crippen molar-refractivity contribution in [3.63, 3.8) is 0 Å². The largest absolute Gasteiger partial charge is 0.450 e. The van der Waals surface area contributed by atoms with Gasteiger partial charge in [-0.1, -0.05) is 30.3 Å². The van der Waals surface area contributed by atoms with Crippen molar-refractivity contribution in [1.82, 2.24) is 10.6 Å². The lowest BCUT2D eigenvalue weighted by atomic mass is 9.93. The Morgan fingerprint density at radius 3 is 2.75 bits per heavy atom. The molecule has 0 spiro atoms. The van der Waals surface area contributed by atoms with Crippen LogP contribution in [0, 0.1) is 5.92 Å². The van der Waals surface area contributed by atoms with E-state index in [2.05, 4.69) is 10.6 Å². The van der Waals surface area contributed by atoms with Crippen molar-refractivity contribution in [3.8, 4) is 0 Å². The van der Waals surface area contributed by atoms with Crippen molar-refractivity contribution < 1.29 is 9.53 Å². The minimum absolute atomic E-state index is 0.320. The first-order valence-corrected chi connectivity index (χ1v) is 7.50. The van der Waals surface area contributed by atoms with Crippen LogP contribution >= 0.6 is 0 Å². The van der Waals surface area contributed by atoms with Crippen LogP contribution in [0.1, 0.15) is 31.2 Å². The van der Waals surface area contributed by atoms with Gasteiger partial charge in [-0.15, -0.1) is 0 Å². The highest BCUT2D eigenvalue weighted by Gasteiger charge is 2.12. The molecular formula is C16H24N2O2.